The number of aliphatic carboxylic acids is 1. The van der Waals surface area contributed by atoms with Crippen molar-refractivity contribution in [1.29, 1.82) is 0 Å². The zero-order valence-electron chi connectivity index (χ0n) is 11.0. The molecule has 5 heteroatoms. The van der Waals surface area contributed by atoms with Crippen LogP contribution >= 0.6 is 0 Å². The van der Waals surface area contributed by atoms with Crippen LogP contribution < -0.4 is 4.74 Å². The van der Waals surface area contributed by atoms with Crippen LogP contribution in [0.25, 0.3) is 0 Å². The van der Waals surface area contributed by atoms with Crippen LogP contribution in [0.4, 0.5) is 0 Å². The Labute approximate surface area is 112 Å². The number of nitrogens with zero attached hydrogens (tertiary/aromatic N) is 1. The predicted octanol–water partition coefficient (Wildman–Crippen LogP) is 1.37. The quantitative estimate of drug-likeness (QED) is 0.842. The van der Waals surface area contributed by atoms with E-state index in [1.807, 2.05) is 24.3 Å². The molecule has 2 rings (SSSR count). The summed E-state index contributed by atoms with van der Waals surface area (Å²) in [4.78, 5) is 12.8. The van der Waals surface area contributed by atoms with Crippen LogP contribution in [0.5, 0.6) is 5.75 Å². The number of carboxylic acid groups (broad SMARTS) is 1. The van der Waals surface area contributed by atoms with E-state index in [4.69, 9.17) is 14.6 Å². The molecule has 0 saturated carbocycles. The molecule has 104 valence electrons. The minimum Gasteiger partial charge on any atom is -0.482 e. The number of hydrogen-bond donors (Lipinski definition) is 1. The maximum atomic E-state index is 10.6. The molecule has 1 saturated heterocycles. The summed E-state index contributed by atoms with van der Waals surface area (Å²) in [6, 6.07) is 7.56. The van der Waals surface area contributed by atoms with E-state index in [-0.39, 0.29) is 6.61 Å². The molecular formula is C14H19NO4. The lowest BCUT2D eigenvalue weighted by atomic mass is 10.2. The van der Waals surface area contributed by atoms with E-state index in [1.165, 1.54) is 0 Å². The molecule has 1 fully saturated rings. The van der Waals surface area contributed by atoms with Crippen LogP contribution in [-0.4, -0.2) is 48.9 Å². The largest absolute Gasteiger partial charge is 0.482 e. The number of para-hydroxylation sites is 1. The van der Waals surface area contributed by atoms with Crippen molar-refractivity contribution in [2.24, 2.45) is 0 Å². The highest BCUT2D eigenvalue weighted by molar-refractivity contribution is 5.68. The Kier molecular flexibility index (Phi) is 4.76. The Bertz CT molecular complexity index is 435. The van der Waals surface area contributed by atoms with Gasteiger partial charge in [-0.05, 0) is 12.5 Å². The van der Waals surface area contributed by atoms with Crippen molar-refractivity contribution in [2.75, 3.05) is 26.8 Å². The summed E-state index contributed by atoms with van der Waals surface area (Å²) >= 11 is 0. The van der Waals surface area contributed by atoms with E-state index in [2.05, 4.69) is 4.90 Å². The topological polar surface area (TPSA) is 59.0 Å². The van der Waals surface area contributed by atoms with Crippen LogP contribution in [0.15, 0.2) is 24.3 Å². The molecule has 0 bridgehead atoms. The maximum absolute atomic E-state index is 10.6. The van der Waals surface area contributed by atoms with E-state index in [1.54, 1.807) is 7.11 Å². The van der Waals surface area contributed by atoms with Gasteiger partial charge >= 0.3 is 5.97 Å². The SMILES string of the molecule is COC1CCN(Cc2ccccc2OCC(=O)O)C1. The fourth-order valence-electron chi connectivity index (χ4n) is 2.29. The van der Waals surface area contributed by atoms with Crippen molar-refractivity contribution in [3.63, 3.8) is 0 Å². The monoisotopic (exact) mass is 265 g/mol. The molecule has 0 aromatic heterocycles. The molecule has 0 spiro atoms. The lowest BCUT2D eigenvalue weighted by Gasteiger charge is -2.17. The second kappa shape index (κ2) is 6.54. The van der Waals surface area contributed by atoms with E-state index < -0.39 is 5.97 Å². The van der Waals surface area contributed by atoms with Gasteiger partial charge in [0.2, 0.25) is 0 Å². The fraction of sp³-hybridized carbons (Fsp3) is 0.500. The zero-order chi connectivity index (χ0) is 13.7. The van der Waals surface area contributed by atoms with Gasteiger partial charge in [-0.25, -0.2) is 4.79 Å². The third-order valence-corrected chi connectivity index (χ3v) is 3.28. The Balaban J connectivity index is 1.97. The molecule has 0 amide bonds. The van der Waals surface area contributed by atoms with Gasteiger partial charge in [0.25, 0.3) is 0 Å². The molecule has 1 aliphatic heterocycles. The average Bonchev–Trinajstić information content (AvgIpc) is 2.85. The molecule has 5 nitrogen and oxygen atoms in total. The number of carbonyl (C=O) groups is 1. The van der Waals surface area contributed by atoms with Gasteiger partial charge in [0.05, 0.1) is 6.10 Å². The first-order valence-electron chi connectivity index (χ1n) is 6.36. The first kappa shape index (κ1) is 13.8. The number of hydrogen-bond acceptors (Lipinski definition) is 4. The molecule has 1 aromatic carbocycles. The highest BCUT2D eigenvalue weighted by Gasteiger charge is 2.22. The predicted molar refractivity (Wildman–Crippen MR) is 70.3 cm³/mol. The van der Waals surface area contributed by atoms with Crippen molar-refractivity contribution in [3.05, 3.63) is 29.8 Å². The first-order valence-corrected chi connectivity index (χ1v) is 6.36. The Hall–Kier alpha value is -1.59. The summed E-state index contributed by atoms with van der Waals surface area (Å²) in [6.45, 7) is 2.35. The van der Waals surface area contributed by atoms with Gasteiger partial charge in [-0.15, -0.1) is 0 Å². The number of benzene rings is 1. The van der Waals surface area contributed by atoms with Crippen LogP contribution in [0.1, 0.15) is 12.0 Å². The third-order valence-electron chi connectivity index (χ3n) is 3.28. The Morgan fingerprint density at radius 2 is 2.26 bits per heavy atom. The normalized spacial score (nSPS) is 19.5. The summed E-state index contributed by atoms with van der Waals surface area (Å²) in [5, 5.41) is 8.66. The van der Waals surface area contributed by atoms with Gasteiger partial charge in [-0.3, -0.25) is 4.90 Å². The third kappa shape index (κ3) is 3.94. The zero-order valence-corrected chi connectivity index (χ0v) is 11.0. The summed E-state index contributed by atoms with van der Waals surface area (Å²) in [7, 11) is 1.73. The van der Waals surface area contributed by atoms with Crippen molar-refractivity contribution in [2.45, 2.75) is 19.1 Å². The van der Waals surface area contributed by atoms with Crippen LogP contribution in [0.2, 0.25) is 0 Å². The molecule has 1 aromatic rings. The summed E-state index contributed by atoms with van der Waals surface area (Å²) < 4.78 is 10.6. The fourth-order valence-corrected chi connectivity index (χ4v) is 2.29. The molecule has 1 atom stereocenters. The van der Waals surface area contributed by atoms with E-state index in [0.29, 0.717) is 11.9 Å². The van der Waals surface area contributed by atoms with Gasteiger partial charge < -0.3 is 14.6 Å². The molecule has 1 heterocycles. The molecule has 1 unspecified atom stereocenters. The summed E-state index contributed by atoms with van der Waals surface area (Å²) in [5.74, 6) is -0.318. The number of carboxylic acids is 1. The molecule has 1 N–H and O–H groups in total. The van der Waals surface area contributed by atoms with Gasteiger partial charge in [0.15, 0.2) is 6.61 Å². The molecule has 0 radical (unpaired) electrons. The van der Waals surface area contributed by atoms with Crippen molar-refractivity contribution < 1.29 is 19.4 Å². The van der Waals surface area contributed by atoms with Crippen molar-refractivity contribution in [3.8, 4) is 5.75 Å². The summed E-state index contributed by atoms with van der Waals surface area (Å²) in [6.07, 6.45) is 1.33. The number of methoxy groups -OCH3 is 1. The number of ether oxygens (including phenoxy) is 2. The number of likely N-dealkylation sites (tertiary alicyclic amines) is 1. The van der Waals surface area contributed by atoms with Gasteiger partial charge in [-0.1, -0.05) is 18.2 Å². The Morgan fingerprint density at radius 3 is 2.95 bits per heavy atom. The smallest absolute Gasteiger partial charge is 0.341 e. The molecule has 1 aliphatic rings. The lowest BCUT2D eigenvalue weighted by Crippen LogP contribution is -2.23. The van der Waals surface area contributed by atoms with Crippen molar-refractivity contribution in [1.82, 2.24) is 4.90 Å². The maximum Gasteiger partial charge on any atom is 0.341 e. The molecular weight excluding hydrogens is 246 g/mol. The molecule has 19 heavy (non-hydrogen) atoms. The van der Waals surface area contributed by atoms with Crippen LogP contribution in [-0.2, 0) is 16.1 Å². The standard InChI is InChI=1S/C14H19NO4/c1-18-12-6-7-15(9-12)8-11-4-2-3-5-13(11)19-10-14(16)17/h2-5,12H,6-10H2,1H3,(H,16,17). The highest BCUT2D eigenvalue weighted by atomic mass is 16.5. The second-order valence-corrected chi connectivity index (χ2v) is 4.67. The minimum atomic E-state index is -0.963. The Morgan fingerprint density at radius 1 is 1.47 bits per heavy atom. The number of rotatable bonds is 6. The van der Waals surface area contributed by atoms with Crippen LogP contribution in [0, 0.1) is 0 Å². The van der Waals surface area contributed by atoms with Gasteiger partial charge in [-0.2, -0.15) is 0 Å². The van der Waals surface area contributed by atoms with E-state index in [9.17, 15) is 4.79 Å². The van der Waals surface area contributed by atoms with Gasteiger partial charge in [0, 0.05) is 32.3 Å². The summed E-state index contributed by atoms with van der Waals surface area (Å²) in [5.41, 5.74) is 1.01. The second-order valence-electron chi connectivity index (χ2n) is 4.67. The highest BCUT2D eigenvalue weighted by Crippen LogP contribution is 2.22. The lowest BCUT2D eigenvalue weighted by molar-refractivity contribution is -0.139. The average molecular weight is 265 g/mol. The van der Waals surface area contributed by atoms with Gasteiger partial charge in [0.1, 0.15) is 5.75 Å². The molecule has 0 aliphatic carbocycles. The van der Waals surface area contributed by atoms with E-state index >= 15 is 0 Å². The van der Waals surface area contributed by atoms with Crippen LogP contribution in [0.3, 0.4) is 0 Å². The minimum absolute atomic E-state index is 0.298. The first-order chi connectivity index (χ1) is 9.19. The van der Waals surface area contributed by atoms with Crippen molar-refractivity contribution >= 4 is 5.97 Å². The van der Waals surface area contributed by atoms with E-state index in [0.717, 1.165) is 31.6 Å².